The first-order valence-electron chi connectivity index (χ1n) is 7.05. The second-order valence-corrected chi connectivity index (χ2v) is 5.81. The minimum atomic E-state index is -0.0660. The summed E-state index contributed by atoms with van der Waals surface area (Å²) in [6.45, 7) is 1.21. The molecule has 0 bridgehead atoms. The normalized spacial score (nSPS) is 10.7. The third-order valence-electron chi connectivity index (χ3n) is 3.18. The van der Waals surface area contributed by atoms with E-state index in [0.29, 0.717) is 11.7 Å². The molecule has 1 aromatic carbocycles. The zero-order chi connectivity index (χ0) is 15.8. The number of aromatic nitrogens is 2. The third-order valence-corrected chi connectivity index (χ3v) is 3.79. The highest BCUT2D eigenvalue weighted by Gasteiger charge is 2.08. The predicted molar refractivity (Wildman–Crippen MR) is 87.4 cm³/mol. The van der Waals surface area contributed by atoms with Gasteiger partial charge in [0.2, 0.25) is 11.0 Å². The molecule has 118 valence electrons. The molecule has 6 nitrogen and oxygen atoms in total. The summed E-state index contributed by atoms with van der Waals surface area (Å²) in [7, 11) is 3.60. The molecule has 0 radical (unpaired) electrons. The van der Waals surface area contributed by atoms with Crippen molar-refractivity contribution in [1.29, 1.82) is 0 Å². The van der Waals surface area contributed by atoms with Gasteiger partial charge >= 0.3 is 0 Å². The van der Waals surface area contributed by atoms with Crippen LogP contribution in [0.5, 0.6) is 5.75 Å². The smallest absolute Gasteiger partial charge is 0.240 e. The molecule has 0 aliphatic heterocycles. The summed E-state index contributed by atoms with van der Waals surface area (Å²) in [6, 6.07) is 8.07. The Kier molecular flexibility index (Phi) is 6.29. The van der Waals surface area contributed by atoms with E-state index in [4.69, 9.17) is 4.74 Å². The van der Waals surface area contributed by atoms with Crippen LogP contribution >= 0.6 is 11.3 Å². The fourth-order valence-electron chi connectivity index (χ4n) is 2.06. The molecule has 7 heteroatoms. The number of hydrogen-bond donors (Lipinski definition) is 1. The second kappa shape index (κ2) is 8.45. The Morgan fingerprint density at radius 1 is 1.36 bits per heavy atom. The summed E-state index contributed by atoms with van der Waals surface area (Å²) in [5, 5.41) is 10.7. The van der Waals surface area contributed by atoms with Gasteiger partial charge in [-0.3, -0.25) is 15.0 Å². The van der Waals surface area contributed by atoms with Crippen molar-refractivity contribution >= 4 is 22.4 Å². The first-order valence-corrected chi connectivity index (χ1v) is 7.93. The van der Waals surface area contributed by atoms with Gasteiger partial charge in [0.15, 0.2) is 0 Å². The lowest BCUT2D eigenvalue weighted by Crippen LogP contribution is -2.31. The molecule has 1 heterocycles. The Balaban J connectivity index is 1.66. The van der Waals surface area contributed by atoms with Crippen molar-refractivity contribution in [3.05, 3.63) is 35.3 Å². The van der Waals surface area contributed by atoms with Crippen molar-refractivity contribution in [2.75, 3.05) is 32.6 Å². The van der Waals surface area contributed by atoms with E-state index in [9.17, 15) is 4.79 Å². The van der Waals surface area contributed by atoms with Gasteiger partial charge in [0.1, 0.15) is 11.3 Å². The van der Waals surface area contributed by atoms with Crippen LogP contribution in [0.15, 0.2) is 29.8 Å². The van der Waals surface area contributed by atoms with Crippen LogP contribution in [-0.2, 0) is 11.2 Å². The fraction of sp³-hybridized carbons (Fsp3) is 0.400. The van der Waals surface area contributed by atoms with Crippen molar-refractivity contribution in [3.63, 3.8) is 0 Å². The first kappa shape index (κ1) is 16.4. The van der Waals surface area contributed by atoms with E-state index < -0.39 is 0 Å². The third kappa shape index (κ3) is 5.42. The Labute approximate surface area is 134 Å². The molecule has 0 atom stereocenters. The van der Waals surface area contributed by atoms with Crippen LogP contribution in [-0.4, -0.2) is 48.3 Å². The van der Waals surface area contributed by atoms with Crippen LogP contribution in [0, 0.1) is 0 Å². The van der Waals surface area contributed by atoms with Gasteiger partial charge in [-0.25, -0.2) is 0 Å². The van der Waals surface area contributed by atoms with E-state index in [2.05, 4.69) is 27.6 Å². The quantitative estimate of drug-likeness (QED) is 0.806. The Morgan fingerprint density at radius 2 is 2.14 bits per heavy atom. The van der Waals surface area contributed by atoms with Gasteiger partial charge in [-0.2, -0.15) is 0 Å². The maximum absolute atomic E-state index is 11.8. The number of carbonyl (C=O) groups excluding carboxylic acids is 1. The largest absolute Gasteiger partial charge is 0.497 e. The number of aryl methyl sites for hydroxylation is 1. The lowest BCUT2D eigenvalue weighted by Gasteiger charge is -2.15. The number of methoxy groups -OCH3 is 1. The minimum absolute atomic E-state index is 0.0660. The van der Waals surface area contributed by atoms with Crippen LogP contribution in [0.1, 0.15) is 12.0 Å². The van der Waals surface area contributed by atoms with E-state index >= 15 is 0 Å². The highest BCUT2D eigenvalue weighted by Crippen LogP contribution is 2.12. The summed E-state index contributed by atoms with van der Waals surface area (Å²) in [5.41, 5.74) is 2.86. The Hall–Kier alpha value is -1.99. The van der Waals surface area contributed by atoms with E-state index in [1.807, 2.05) is 24.1 Å². The zero-order valence-corrected chi connectivity index (χ0v) is 13.6. The Morgan fingerprint density at radius 3 is 2.77 bits per heavy atom. The van der Waals surface area contributed by atoms with Crippen molar-refractivity contribution in [2.24, 2.45) is 0 Å². The molecule has 2 rings (SSSR count). The van der Waals surface area contributed by atoms with Crippen molar-refractivity contribution in [1.82, 2.24) is 15.1 Å². The summed E-state index contributed by atoms with van der Waals surface area (Å²) in [6.07, 6.45) is 1.97. The lowest BCUT2D eigenvalue weighted by molar-refractivity contribution is -0.117. The van der Waals surface area contributed by atoms with Crippen LogP contribution in [0.2, 0.25) is 0 Å². The van der Waals surface area contributed by atoms with Crippen molar-refractivity contribution < 1.29 is 9.53 Å². The molecule has 1 amide bonds. The zero-order valence-electron chi connectivity index (χ0n) is 12.8. The lowest BCUT2D eigenvalue weighted by atomic mass is 10.1. The maximum Gasteiger partial charge on any atom is 0.240 e. The van der Waals surface area contributed by atoms with E-state index in [1.165, 1.54) is 16.9 Å². The predicted octanol–water partition coefficient (Wildman–Crippen LogP) is 2.05. The molecule has 0 saturated carbocycles. The van der Waals surface area contributed by atoms with Gasteiger partial charge in [-0.1, -0.05) is 23.5 Å². The molecule has 1 N–H and O–H groups in total. The molecule has 0 saturated heterocycles. The van der Waals surface area contributed by atoms with Gasteiger partial charge in [0, 0.05) is 0 Å². The standard InChI is InChI=1S/C15H20N4O2S/c1-19(10-14(20)17-15-18-16-11-22-15)9-3-4-12-5-7-13(21-2)8-6-12/h5-8,11H,3-4,9-10H2,1-2H3,(H,17,18,20). The SMILES string of the molecule is COc1ccc(CCCN(C)CC(=O)Nc2nncs2)cc1. The highest BCUT2D eigenvalue weighted by molar-refractivity contribution is 7.13. The highest BCUT2D eigenvalue weighted by atomic mass is 32.1. The molecule has 1 aromatic heterocycles. The average molecular weight is 320 g/mol. The summed E-state index contributed by atoms with van der Waals surface area (Å²) < 4.78 is 5.14. The number of ether oxygens (including phenoxy) is 1. The first-order chi connectivity index (χ1) is 10.7. The summed E-state index contributed by atoms with van der Waals surface area (Å²) in [5.74, 6) is 0.804. The van der Waals surface area contributed by atoms with Crippen LogP contribution in [0.4, 0.5) is 5.13 Å². The van der Waals surface area contributed by atoms with Crippen LogP contribution in [0.25, 0.3) is 0 Å². The number of rotatable bonds is 8. The molecule has 2 aromatic rings. The number of nitrogens with one attached hydrogen (secondary N) is 1. The molecule has 0 aliphatic rings. The van der Waals surface area contributed by atoms with Gasteiger partial charge in [0.25, 0.3) is 0 Å². The molecular weight excluding hydrogens is 300 g/mol. The van der Waals surface area contributed by atoms with Gasteiger partial charge in [0.05, 0.1) is 13.7 Å². The number of nitrogens with zero attached hydrogens (tertiary/aromatic N) is 3. The van der Waals surface area contributed by atoms with E-state index in [1.54, 1.807) is 12.6 Å². The molecule has 22 heavy (non-hydrogen) atoms. The molecule has 0 spiro atoms. The van der Waals surface area contributed by atoms with Gasteiger partial charge in [-0.05, 0) is 44.1 Å². The second-order valence-electron chi connectivity index (χ2n) is 4.98. The van der Waals surface area contributed by atoms with Crippen LogP contribution in [0.3, 0.4) is 0 Å². The number of amides is 1. The topological polar surface area (TPSA) is 67.3 Å². The van der Waals surface area contributed by atoms with Crippen molar-refractivity contribution in [3.8, 4) is 5.75 Å². The van der Waals surface area contributed by atoms with E-state index in [0.717, 1.165) is 25.1 Å². The number of likely N-dealkylation sites (N-methyl/N-ethyl adjacent to an activating group) is 1. The number of anilines is 1. The fourth-order valence-corrected chi connectivity index (χ4v) is 2.52. The average Bonchev–Trinajstić information content (AvgIpc) is 3.00. The number of carbonyl (C=O) groups is 1. The molecule has 0 aliphatic carbocycles. The van der Waals surface area contributed by atoms with Gasteiger partial charge in [-0.15, -0.1) is 10.2 Å². The molecule has 0 unspecified atom stereocenters. The number of benzene rings is 1. The summed E-state index contributed by atoms with van der Waals surface area (Å²) >= 11 is 1.31. The monoisotopic (exact) mass is 320 g/mol. The Bertz CT molecular complexity index is 572. The number of hydrogen-bond acceptors (Lipinski definition) is 6. The summed E-state index contributed by atoms with van der Waals surface area (Å²) in [4.78, 5) is 13.8. The van der Waals surface area contributed by atoms with Gasteiger partial charge < -0.3 is 4.74 Å². The molecular formula is C15H20N4O2S. The van der Waals surface area contributed by atoms with E-state index in [-0.39, 0.29) is 5.91 Å². The maximum atomic E-state index is 11.8. The van der Waals surface area contributed by atoms with Crippen molar-refractivity contribution in [2.45, 2.75) is 12.8 Å². The molecule has 0 fully saturated rings. The minimum Gasteiger partial charge on any atom is -0.497 e. The van der Waals surface area contributed by atoms with Crippen LogP contribution < -0.4 is 10.1 Å².